The summed E-state index contributed by atoms with van der Waals surface area (Å²) >= 11 is 0. The molecular formula is C6H15Br3OV. The number of halogens is 3. The average Bonchev–Trinajstić information content (AvgIpc) is 1.69. The Labute approximate surface area is 112 Å². The fraction of sp³-hybridized carbons (Fsp3) is 1.00. The van der Waals surface area contributed by atoms with Crippen molar-refractivity contribution in [1.29, 1.82) is 0 Å². The number of rotatable bonds is 0. The zero-order valence-corrected chi connectivity index (χ0v) is 12.8. The molecule has 0 aromatic heterocycles. The summed E-state index contributed by atoms with van der Waals surface area (Å²) in [6, 6.07) is 0. The van der Waals surface area contributed by atoms with E-state index in [4.69, 9.17) is 5.11 Å². The molecule has 1 fully saturated rings. The van der Waals surface area contributed by atoms with E-state index < -0.39 is 0 Å². The summed E-state index contributed by atoms with van der Waals surface area (Å²) in [6.07, 6.45) is 5.92. The maximum atomic E-state index is 8.91. The molecular weight excluding hydrogens is 379 g/mol. The minimum absolute atomic E-state index is 0. The quantitative estimate of drug-likeness (QED) is 0.670. The summed E-state index contributed by atoms with van der Waals surface area (Å²) in [6.45, 7) is 0. The number of hydrogen-bond donors (Lipinski definition) is 1. The van der Waals surface area contributed by atoms with Crippen molar-refractivity contribution in [2.24, 2.45) is 0 Å². The van der Waals surface area contributed by atoms with Gasteiger partial charge >= 0.3 is 0 Å². The maximum Gasteiger partial charge on any atom is 0.0540 e. The molecule has 1 N–H and O–H groups in total. The average molecular weight is 394 g/mol. The van der Waals surface area contributed by atoms with Gasteiger partial charge in [-0.1, -0.05) is 19.3 Å². The summed E-state index contributed by atoms with van der Waals surface area (Å²) < 4.78 is 0. The van der Waals surface area contributed by atoms with Crippen molar-refractivity contribution in [2.45, 2.75) is 38.2 Å². The van der Waals surface area contributed by atoms with Gasteiger partial charge in [0.2, 0.25) is 0 Å². The van der Waals surface area contributed by atoms with Crippen molar-refractivity contribution in [3.05, 3.63) is 0 Å². The first-order valence-corrected chi connectivity index (χ1v) is 3.07. The Bertz CT molecular complexity index is 59.8. The van der Waals surface area contributed by atoms with Crippen LogP contribution in [0.25, 0.3) is 0 Å². The van der Waals surface area contributed by atoms with Gasteiger partial charge in [-0.15, -0.1) is 50.9 Å². The van der Waals surface area contributed by atoms with Crippen LogP contribution in [0.1, 0.15) is 32.1 Å². The Balaban J connectivity index is -0.0000000612. The zero-order valence-electron chi connectivity index (χ0n) is 6.23. The van der Waals surface area contributed by atoms with E-state index in [2.05, 4.69) is 0 Å². The SMILES string of the molecule is Br.Br.Br.OC1CCCCC1.[V]. The summed E-state index contributed by atoms with van der Waals surface area (Å²) in [5, 5.41) is 8.91. The predicted molar refractivity (Wildman–Crippen MR) is 60.1 cm³/mol. The van der Waals surface area contributed by atoms with E-state index in [9.17, 15) is 0 Å². The van der Waals surface area contributed by atoms with Crippen molar-refractivity contribution in [2.75, 3.05) is 0 Å². The summed E-state index contributed by atoms with van der Waals surface area (Å²) in [7, 11) is 0. The molecule has 0 aromatic rings. The molecule has 0 atom stereocenters. The second-order valence-electron chi connectivity index (χ2n) is 2.29. The van der Waals surface area contributed by atoms with Crippen LogP contribution in [0.15, 0.2) is 0 Å². The van der Waals surface area contributed by atoms with Crippen LogP contribution in [-0.2, 0) is 18.6 Å². The molecule has 1 rings (SSSR count). The minimum Gasteiger partial charge on any atom is -0.393 e. The molecule has 0 amide bonds. The Hall–Kier alpha value is 1.98. The number of aliphatic hydroxyl groups is 1. The Morgan fingerprint density at radius 2 is 1.18 bits per heavy atom. The van der Waals surface area contributed by atoms with E-state index >= 15 is 0 Å². The Kier molecular flexibility index (Phi) is 30.5. The third kappa shape index (κ3) is 12.0. The zero-order chi connectivity index (χ0) is 5.11. The standard InChI is InChI=1S/C6H12O.3BrH.V/c7-6-4-2-1-3-5-6;;;;/h6-7H,1-5H2;3*1H;. The monoisotopic (exact) mass is 391 g/mol. The van der Waals surface area contributed by atoms with Crippen LogP contribution < -0.4 is 0 Å². The summed E-state index contributed by atoms with van der Waals surface area (Å²) in [5.74, 6) is 0. The molecule has 0 bridgehead atoms. The fourth-order valence-electron chi connectivity index (χ4n) is 1.08. The third-order valence-electron chi connectivity index (χ3n) is 1.57. The van der Waals surface area contributed by atoms with Crippen LogP contribution in [-0.4, -0.2) is 11.2 Å². The normalized spacial score (nSPS) is 16.1. The van der Waals surface area contributed by atoms with Crippen LogP contribution in [0.5, 0.6) is 0 Å². The van der Waals surface area contributed by atoms with Gasteiger partial charge in [0.1, 0.15) is 0 Å². The smallest absolute Gasteiger partial charge is 0.0540 e. The van der Waals surface area contributed by atoms with E-state index in [0.717, 1.165) is 12.8 Å². The molecule has 0 heterocycles. The first-order chi connectivity index (χ1) is 3.39. The van der Waals surface area contributed by atoms with Crippen LogP contribution in [0.2, 0.25) is 0 Å². The second kappa shape index (κ2) is 14.5. The Morgan fingerprint density at radius 1 is 0.818 bits per heavy atom. The van der Waals surface area contributed by atoms with Gasteiger partial charge in [0.05, 0.1) is 6.10 Å². The largest absolute Gasteiger partial charge is 0.393 e. The topological polar surface area (TPSA) is 20.2 Å². The Morgan fingerprint density at radius 3 is 1.36 bits per heavy atom. The summed E-state index contributed by atoms with van der Waals surface area (Å²) in [4.78, 5) is 0. The maximum absolute atomic E-state index is 8.91. The predicted octanol–water partition coefficient (Wildman–Crippen LogP) is 3.04. The number of aliphatic hydroxyl groups excluding tert-OH is 1. The van der Waals surface area contributed by atoms with Crippen molar-refractivity contribution in [3.8, 4) is 0 Å². The van der Waals surface area contributed by atoms with Gasteiger partial charge < -0.3 is 5.11 Å². The van der Waals surface area contributed by atoms with Crippen LogP contribution in [0, 0.1) is 0 Å². The fourth-order valence-corrected chi connectivity index (χ4v) is 1.08. The van der Waals surface area contributed by atoms with Crippen molar-refractivity contribution >= 4 is 50.9 Å². The van der Waals surface area contributed by atoms with Crippen LogP contribution >= 0.6 is 50.9 Å². The van der Waals surface area contributed by atoms with Crippen molar-refractivity contribution in [1.82, 2.24) is 0 Å². The molecule has 1 saturated carbocycles. The molecule has 0 saturated heterocycles. The molecule has 1 nitrogen and oxygen atoms in total. The van der Waals surface area contributed by atoms with Crippen molar-refractivity contribution in [3.63, 3.8) is 0 Å². The number of hydrogen-bond acceptors (Lipinski definition) is 1. The molecule has 0 spiro atoms. The first kappa shape index (κ1) is 23.1. The second-order valence-corrected chi connectivity index (χ2v) is 2.29. The van der Waals surface area contributed by atoms with Gasteiger partial charge in [0.15, 0.2) is 0 Å². The van der Waals surface area contributed by atoms with E-state index in [-0.39, 0.29) is 75.6 Å². The third-order valence-corrected chi connectivity index (χ3v) is 1.57. The van der Waals surface area contributed by atoms with Crippen molar-refractivity contribution < 1.29 is 23.7 Å². The van der Waals surface area contributed by atoms with Gasteiger partial charge in [-0.3, -0.25) is 0 Å². The van der Waals surface area contributed by atoms with E-state index in [1.54, 1.807) is 0 Å². The van der Waals surface area contributed by atoms with E-state index in [0.29, 0.717) is 0 Å². The van der Waals surface area contributed by atoms with Gasteiger partial charge in [0.25, 0.3) is 0 Å². The molecule has 1 radical (unpaired) electrons. The van der Waals surface area contributed by atoms with Gasteiger partial charge in [-0.05, 0) is 12.8 Å². The van der Waals surface area contributed by atoms with Crippen LogP contribution in [0.3, 0.4) is 0 Å². The molecule has 71 valence electrons. The van der Waals surface area contributed by atoms with E-state index in [1.807, 2.05) is 0 Å². The molecule has 0 unspecified atom stereocenters. The molecule has 0 aliphatic heterocycles. The molecule has 0 aromatic carbocycles. The first-order valence-electron chi connectivity index (χ1n) is 3.07. The molecule has 1 aliphatic carbocycles. The summed E-state index contributed by atoms with van der Waals surface area (Å²) in [5.41, 5.74) is 0. The van der Waals surface area contributed by atoms with E-state index in [1.165, 1.54) is 19.3 Å². The molecule has 1 aliphatic rings. The van der Waals surface area contributed by atoms with Gasteiger partial charge in [-0.25, -0.2) is 0 Å². The minimum atomic E-state index is 0. The molecule has 5 heteroatoms. The molecule has 11 heavy (non-hydrogen) atoms. The van der Waals surface area contributed by atoms with Crippen LogP contribution in [0.4, 0.5) is 0 Å². The van der Waals surface area contributed by atoms with Gasteiger partial charge in [-0.2, -0.15) is 0 Å². The van der Waals surface area contributed by atoms with Gasteiger partial charge in [0, 0.05) is 18.6 Å².